The number of nitrogens with zero attached hydrogens (tertiary/aromatic N) is 4. The van der Waals surface area contributed by atoms with Gasteiger partial charge in [-0.05, 0) is 35.4 Å². The van der Waals surface area contributed by atoms with Crippen LogP contribution in [-0.4, -0.2) is 52.7 Å². The van der Waals surface area contributed by atoms with Crippen molar-refractivity contribution in [2.75, 3.05) is 24.7 Å². The molecule has 0 bridgehead atoms. The molecule has 1 N–H and O–H groups in total. The third-order valence-electron chi connectivity index (χ3n) is 3.29. The van der Waals surface area contributed by atoms with Gasteiger partial charge in [0.2, 0.25) is 20.1 Å². The van der Waals surface area contributed by atoms with Crippen molar-refractivity contribution < 1.29 is 8.42 Å². The number of sulfonamides is 1. The lowest BCUT2D eigenvalue weighted by Crippen LogP contribution is -2.41. The van der Waals surface area contributed by atoms with Crippen LogP contribution in [0.1, 0.15) is 12.8 Å². The van der Waals surface area contributed by atoms with E-state index in [4.69, 9.17) is 0 Å². The van der Waals surface area contributed by atoms with Crippen LogP contribution in [0.15, 0.2) is 6.20 Å². The van der Waals surface area contributed by atoms with E-state index in [1.165, 1.54) is 21.9 Å². The number of fused-ring (bicyclic) bond motifs is 1. The maximum atomic E-state index is 11.5. The van der Waals surface area contributed by atoms with Gasteiger partial charge in [0.1, 0.15) is 3.70 Å². The molecule has 1 aliphatic heterocycles. The average Bonchev–Trinajstić information content (AvgIpc) is 2.92. The molecular weight excluding hydrogens is 413 g/mol. The first-order valence-electron chi connectivity index (χ1n) is 6.15. The van der Waals surface area contributed by atoms with Crippen LogP contribution >= 0.6 is 33.9 Å². The van der Waals surface area contributed by atoms with Gasteiger partial charge in [0.05, 0.1) is 12.5 Å². The maximum absolute atomic E-state index is 11.5. The lowest BCUT2D eigenvalue weighted by Gasteiger charge is -2.30. The molecule has 0 aromatic carbocycles. The number of aromatic nitrogens is 3. The van der Waals surface area contributed by atoms with E-state index in [2.05, 4.69) is 38.0 Å². The Morgan fingerprint density at radius 2 is 2.15 bits per heavy atom. The Morgan fingerprint density at radius 3 is 2.75 bits per heavy atom. The summed E-state index contributed by atoms with van der Waals surface area (Å²) < 4.78 is 27.2. The third kappa shape index (κ3) is 2.92. The van der Waals surface area contributed by atoms with Gasteiger partial charge in [-0.2, -0.15) is 4.52 Å². The van der Waals surface area contributed by atoms with Crippen molar-refractivity contribution in [2.45, 2.75) is 18.9 Å². The standard InChI is InChI=1S/C10H14IN5O2S2/c1-20(17,18)15-4-2-7(3-5-15)13-9-14-16-8(11)6-12-10(16)19-9/h6-7H,2-5H2,1H3,(H,13,14). The van der Waals surface area contributed by atoms with Gasteiger partial charge in [-0.15, -0.1) is 5.10 Å². The zero-order chi connectivity index (χ0) is 14.3. The minimum atomic E-state index is -3.06. The molecule has 0 saturated carbocycles. The van der Waals surface area contributed by atoms with Crippen LogP contribution in [0.3, 0.4) is 0 Å². The second kappa shape index (κ2) is 5.39. The molecule has 0 amide bonds. The van der Waals surface area contributed by atoms with Gasteiger partial charge in [-0.1, -0.05) is 11.3 Å². The number of hydrogen-bond donors (Lipinski definition) is 1. The van der Waals surface area contributed by atoms with Gasteiger partial charge >= 0.3 is 0 Å². The van der Waals surface area contributed by atoms with Gasteiger partial charge in [0, 0.05) is 19.1 Å². The summed E-state index contributed by atoms with van der Waals surface area (Å²) in [5, 5.41) is 8.67. The first kappa shape index (κ1) is 14.5. The molecule has 2 aromatic rings. The summed E-state index contributed by atoms with van der Waals surface area (Å²) >= 11 is 3.70. The van der Waals surface area contributed by atoms with E-state index in [-0.39, 0.29) is 6.04 Å². The minimum absolute atomic E-state index is 0.265. The molecule has 20 heavy (non-hydrogen) atoms. The fourth-order valence-electron chi connectivity index (χ4n) is 2.23. The van der Waals surface area contributed by atoms with Crippen molar-refractivity contribution in [1.82, 2.24) is 18.9 Å². The van der Waals surface area contributed by atoms with E-state index >= 15 is 0 Å². The normalized spacial score (nSPS) is 18.7. The van der Waals surface area contributed by atoms with Gasteiger partial charge in [-0.25, -0.2) is 17.7 Å². The predicted molar refractivity (Wildman–Crippen MR) is 86.6 cm³/mol. The zero-order valence-corrected chi connectivity index (χ0v) is 14.6. The van der Waals surface area contributed by atoms with Crippen molar-refractivity contribution in [3.8, 4) is 0 Å². The minimum Gasteiger partial charge on any atom is -0.357 e. The molecular formula is C10H14IN5O2S2. The van der Waals surface area contributed by atoms with Crippen LogP contribution in [0.25, 0.3) is 4.96 Å². The monoisotopic (exact) mass is 427 g/mol. The fraction of sp³-hybridized carbons (Fsp3) is 0.600. The number of rotatable bonds is 3. The van der Waals surface area contributed by atoms with Crippen LogP contribution in [-0.2, 0) is 10.0 Å². The van der Waals surface area contributed by atoms with Crippen molar-refractivity contribution in [1.29, 1.82) is 0 Å². The van der Waals surface area contributed by atoms with Crippen molar-refractivity contribution in [2.24, 2.45) is 0 Å². The second-order valence-corrected chi connectivity index (χ2v) is 8.81. The smallest absolute Gasteiger partial charge is 0.214 e. The predicted octanol–water partition coefficient (Wildman–Crippen LogP) is 1.23. The Kier molecular flexibility index (Phi) is 3.90. The molecule has 1 fully saturated rings. The summed E-state index contributed by atoms with van der Waals surface area (Å²) in [7, 11) is -3.06. The van der Waals surface area contributed by atoms with Gasteiger partial charge in [0.25, 0.3) is 0 Å². The lowest BCUT2D eigenvalue weighted by atomic mass is 10.1. The molecule has 3 heterocycles. The van der Waals surface area contributed by atoms with Crippen molar-refractivity contribution in [3.63, 3.8) is 0 Å². The molecule has 0 unspecified atom stereocenters. The number of piperidine rings is 1. The highest BCUT2D eigenvalue weighted by Crippen LogP contribution is 2.23. The molecule has 7 nitrogen and oxygen atoms in total. The van der Waals surface area contributed by atoms with E-state index in [1.807, 2.05) is 0 Å². The molecule has 110 valence electrons. The zero-order valence-electron chi connectivity index (χ0n) is 10.8. The van der Waals surface area contributed by atoms with Gasteiger partial charge in [-0.3, -0.25) is 0 Å². The molecule has 0 radical (unpaired) electrons. The Morgan fingerprint density at radius 1 is 1.45 bits per heavy atom. The summed E-state index contributed by atoms with van der Waals surface area (Å²) in [6.45, 7) is 1.13. The summed E-state index contributed by atoms with van der Waals surface area (Å²) in [6, 6.07) is 0.265. The first-order valence-corrected chi connectivity index (χ1v) is 9.89. The molecule has 3 rings (SSSR count). The number of halogens is 1. The van der Waals surface area contributed by atoms with Crippen molar-refractivity contribution in [3.05, 3.63) is 9.90 Å². The largest absolute Gasteiger partial charge is 0.357 e. The average molecular weight is 427 g/mol. The molecule has 0 spiro atoms. The summed E-state index contributed by atoms with van der Waals surface area (Å²) in [4.78, 5) is 5.13. The second-order valence-electron chi connectivity index (χ2n) is 4.76. The van der Waals surface area contributed by atoms with E-state index in [1.54, 1.807) is 10.7 Å². The first-order chi connectivity index (χ1) is 9.43. The summed E-state index contributed by atoms with van der Waals surface area (Å²) in [5.74, 6) is 0. The quantitative estimate of drug-likeness (QED) is 0.746. The van der Waals surface area contributed by atoms with E-state index in [0.29, 0.717) is 13.1 Å². The highest BCUT2D eigenvalue weighted by atomic mass is 127. The highest BCUT2D eigenvalue weighted by molar-refractivity contribution is 14.1. The van der Waals surface area contributed by atoms with E-state index < -0.39 is 10.0 Å². The lowest BCUT2D eigenvalue weighted by molar-refractivity contribution is 0.332. The van der Waals surface area contributed by atoms with Gasteiger partial charge < -0.3 is 5.32 Å². The molecule has 1 aliphatic rings. The number of nitrogens with one attached hydrogen (secondary N) is 1. The molecule has 10 heteroatoms. The van der Waals surface area contributed by atoms with Gasteiger partial charge in [0.15, 0.2) is 0 Å². The van der Waals surface area contributed by atoms with E-state index in [0.717, 1.165) is 26.6 Å². The Hall–Kier alpha value is -0.460. The molecule has 2 aromatic heterocycles. The summed E-state index contributed by atoms with van der Waals surface area (Å²) in [6.07, 6.45) is 4.64. The van der Waals surface area contributed by atoms with Crippen LogP contribution in [0.4, 0.5) is 5.13 Å². The van der Waals surface area contributed by atoms with Crippen LogP contribution in [0.5, 0.6) is 0 Å². The fourth-order valence-corrected chi connectivity index (χ4v) is 4.60. The molecule has 0 aliphatic carbocycles. The maximum Gasteiger partial charge on any atom is 0.214 e. The highest BCUT2D eigenvalue weighted by Gasteiger charge is 2.25. The van der Waals surface area contributed by atoms with Crippen LogP contribution < -0.4 is 5.32 Å². The number of imidazole rings is 1. The third-order valence-corrected chi connectivity index (χ3v) is 6.19. The Balaban J connectivity index is 1.65. The molecule has 0 atom stereocenters. The number of anilines is 1. The molecule has 1 saturated heterocycles. The number of hydrogen-bond acceptors (Lipinski definition) is 6. The SMILES string of the molecule is CS(=O)(=O)N1CCC(Nc2nn3c(I)cnc3s2)CC1. The summed E-state index contributed by atoms with van der Waals surface area (Å²) in [5.41, 5.74) is 0. The topological polar surface area (TPSA) is 79.6 Å². The van der Waals surface area contributed by atoms with Crippen LogP contribution in [0, 0.1) is 3.70 Å². The Bertz CT molecular complexity index is 717. The van der Waals surface area contributed by atoms with Crippen molar-refractivity contribution >= 4 is 54.0 Å². The van der Waals surface area contributed by atoms with Crippen LogP contribution in [0.2, 0.25) is 0 Å². The Labute approximate surface area is 134 Å². The van der Waals surface area contributed by atoms with E-state index in [9.17, 15) is 8.42 Å².